The Labute approximate surface area is 202 Å². The number of hydrogen-bond acceptors (Lipinski definition) is 8. The van der Waals surface area contributed by atoms with Crippen molar-refractivity contribution >= 4 is 23.6 Å². The molecule has 35 heavy (non-hydrogen) atoms. The molecular weight excluding hydrogens is 444 g/mol. The number of hydrogen-bond donors (Lipinski definition) is 4. The van der Waals surface area contributed by atoms with Crippen LogP contribution in [0.4, 0.5) is 5.82 Å². The highest BCUT2D eigenvalue weighted by Crippen LogP contribution is 2.48. The molecule has 178 valence electrons. The Hall–Kier alpha value is -4.27. The molecule has 2 fully saturated rings. The van der Waals surface area contributed by atoms with Crippen molar-refractivity contribution in [1.29, 1.82) is 5.41 Å². The molecule has 0 saturated heterocycles. The second-order valence-electron chi connectivity index (χ2n) is 8.76. The first-order valence-electron chi connectivity index (χ1n) is 11.5. The van der Waals surface area contributed by atoms with E-state index in [1.165, 1.54) is 6.21 Å². The van der Waals surface area contributed by atoms with Crippen LogP contribution >= 0.6 is 0 Å². The Morgan fingerprint density at radius 2 is 1.86 bits per heavy atom. The number of aliphatic carboxylic acids is 1. The maximum absolute atomic E-state index is 11.6. The third-order valence-corrected chi connectivity index (χ3v) is 6.31. The van der Waals surface area contributed by atoms with Gasteiger partial charge in [-0.1, -0.05) is 30.3 Å². The van der Waals surface area contributed by atoms with Crippen LogP contribution in [0.15, 0.2) is 60.8 Å². The van der Waals surface area contributed by atoms with Gasteiger partial charge in [0.2, 0.25) is 5.88 Å². The summed E-state index contributed by atoms with van der Waals surface area (Å²) in [6.07, 6.45) is 9.81. The van der Waals surface area contributed by atoms with Crippen LogP contribution in [0.25, 0.3) is 16.7 Å². The number of rotatable bonds is 10. The Kier molecular flexibility index (Phi) is 5.90. The summed E-state index contributed by atoms with van der Waals surface area (Å²) in [6.45, 7) is 0. The lowest BCUT2D eigenvalue weighted by molar-refractivity contribution is -0.140. The Bertz CT molecular complexity index is 1280. The minimum Gasteiger partial charge on any atom is -0.481 e. The van der Waals surface area contributed by atoms with E-state index in [1.54, 1.807) is 25.6 Å². The molecule has 0 unspecified atom stereocenters. The molecule has 0 spiro atoms. The summed E-state index contributed by atoms with van der Waals surface area (Å²) in [4.78, 5) is 24.8. The fourth-order valence-electron chi connectivity index (χ4n) is 3.95. The number of carboxylic acids is 1. The smallest absolute Gasteiger partial charge is 0.314 e. The molecule has 0 atom stereocenters. The van der Waals surface area contributed by atoms with Gasteiger partial charge in [0.1, 0.15) is 11.9 Å². The average molecular weight is 471 g/mol. The summed E-state index contributed by atoms with van der Waals surface area (Å²) in [5, 5.41) is 23.7. The van der Waals surface area contributed by atoms with Gasteiger partial charge in [-0.05, 0) is 42.9 Å². The van der Waals surface area contributed by atoms with Gasteiger partial charge in [0.05, 0.1) is 29.1 Å². The van der Waals surface area contributed by atoms with Gasteiger partial charge in [-0.25, -0.2) is 0 Å². The normalized spacial score (nSPS) is 16.6. The zero-order valence-electron chi connectivity index (χ0n) is 19.3. The Morgan fingerprint density at radius 3 is 2.43 bits per heavy atom. The molecule has 4 N–H and O–H groups in total. The molecule has 2 saturated carbocycles. The third kappa shape index (κ3) is 4.70. The summed E-state index contributed by atoms with van der Waals surface area (Å²) >= 11 is 0. The maximum atomic E-state index is 11.6. The lowest BCUT2D eigenvalue weighted by Gasteiger charge is -2.14. The number of ether oxygens (including phenoxy) is 1. The first-order chi connectivity index (χ1) is 17.0. The first-order valence-corrected chi connectivity index (χ1v) is 11.5. The first kappa shape index (κ1) is 22.5. The zero-order valence-corrected chi connectivity index (χ0v) is 19.3. The van der Waals surface area contributed by atoms with E-state index in [0.717, 1.165) is 29.5 Å². The van der Waals surface area contributed by atoms with Crippen molar-refractivity contribution in [3.05, 3.63) is 72.1 Å². The molecule has 2 aliphatic carbocycles. The molecule has 0 radical (unpaired) electrons. The van der Waals surface area contributed by atoms with Crippen molar-refractivity contribution in [3.63, 3.8) is 0 Å². The lowest BCUT2D eigenvalue weighted by Crippen LogP contribution is -2.19. The number of carbonyl (C=O) groups is 1. The molecule has 9 nitrogen and oxygen atoms in total. The van der Waals surface area contributed by atoms with E-state index >= 15 is 0 Å². The van der Waals surface area contributed by atoms with Gasteiger partial charge in [0.25, 0.3) is 0 Å². The molecule has 2 heterocycles. The molecular formula is C26H26N6O3. The monoisotopic (exact) mass is 470 g/mol. The Morgan fingerprint density at radius 1 is 1.11 bits per heavy atom. The molecule has 2 aromatic heterocycles. The van der Waals surface area contributed by atoms with Crippen molar-refractivity contribution < 1.29 is 14.6 Å². The molecule has 2 aliphatic rings. The summed E-state index contributed by atoms with van der Waals surface area (Å²) in [7, 11) is 1.75. The molecule has 3 aromatic rings. The molecule has 0 aliphatic heterocycles. The number of nitrogens with zero attached hydrogens (tertiary/aromatic N) is 3. The molecule has 9 heteroatoms. The SMILES string of the molecule is CN/C(Nc1cncc(OC2CC2)n1)=C(\C=N)c1ccc(-c2ccc(C3(C(=O)O)CC3)cc2)cn1. The minimum atomic E-state index is -0.760. The summed E-state index contributed by atoms with van der Waals surface area (Å²) in [5.41, 5.74) is 3.14. The highest BCUT2D eigenvalue weighted by molar-refractivity contribution is 6.09. The average Bonchev–Trinajstić information content (AvgIpc) is 3.80. The number of carboxylic acid groups (broad SMARTS) is 1. The molecule has 1 aromatic carbocycles. The van der Waals surface area contributed by atoms with Crippen molar-refractivity contribution in [2.45, 2.75) is 37.2 Å². The van der Waals surface area contributed by atoms with Crippen LogP contribution in [0.5, 0.6) is 5.88 Å². The minimum absolute atomic E-state index is 0.224. The van der Waals surface area contributed by atoms with Gasteiger partial charge < -0.3 is 25.9 Å². The lowest BCUT2D eigenvalue weighted by atomic mass is 9.94. The van der Waals surface area contributed by atoms with E-state index < -0.39 is 11.4 Å². The van der Waals surface area contributed by atoms with Crippen LogP contribution in [0, 0.1) is 5.41 Å². The van der Waals surface area contributed by atoms with Crippen molar-refractivity contribution in [1.82, 2.24) is 20.3 Å². The van der Waals surface area contributed by atoms with Crippen molar-refractivity contribution in [2.24, 2.45) is 0 Å². The molecule has 5 rings (SSSR count). The largest absolute Gasteiger partial charge is 0.481 e. The van der Waals surface area contributed by atoms with E-state index in [9.17, 15) is 9.90 Å². The highest BCUT2D eigenvalue weighted by atomic mass is 16.5. The van der Waals surface area contributed by atoms with E-state index in [0.29, 0.717) is 41.6 Å². The van der Waals surface area contributed by atoms with Crippen LogP contribution in [0.1, 0.15) is 36.9 Å². The summed E-state index contributed by atoms with van der Waals surface area (Å²) < 4.78 is 5.71. The number of nitrogens with one attached hydrogen (secondary N) is 3. The number of anilines is 1. The van der Waals surface area contributed by atoms with E-state index in [4.69, 9.17) is 10.1 Å². The third-order valence-electron chi connectivity index (χ3n) is 6.31. The second-order valence-corrected chi connectivity index (χ2v) is 8.76. The standard InChI is InChI=1S/C26H26N6O3/c1-28-24(32-22-14-29-15-23(31-22)35-19-7-8-19)20(12-27)21-9-4-17(13-30-21)16-2-5-18(6-3-16)26(10-11-26)25(33)34/h2-6,9,12-15,19,27-28H,7-8,10-11H2,1H3,(H,31,32)(H,33,34)/b24-20-,27-12?. The second kappa shape index (κ2) is 9.17. The zero-order chi connectivity index (χ0) is 24.4. The molecule has 0 amide bonds. The summed E-state index contributed by atoms with van der Waals surface area (Å²) in [6, 6.07) is 11.4. The summed E-state index contributed by atoms with van der Waals surface area (Å²) in [5.74, 6) is 0.766. The van der Waals surface area contributed by atoms with Crippen LogP contribution in [-0.4, -0.2) is 45.4 Å². The predicted molar refractivity (Wildman–Crippen MR) is 132 cm³/mol. The van der Waals surface area contributed by atoms with Gasteiger partial charge in [-0.3, -0.25) is 14.8 Å². The topological polar surface area (TPSA) is 133 Å². The van der Waals surface area contributed by atoms with Crippen molar-refractivity contribution in [2.75, 3.05) is 12.4 Å². The number of allylic oxidation sites excluding steroid dienone is 1. The van der Waals surface area contributed by atoms with Crippen LogP contribution in [0.2, 0.25) is 0 Å². The Balaban J connectivity index is 1.35. The van der Waals surface area contributed by atoms with Gasteiger partial charge in [0, 0.05) is 25.0 Å². The number of aromatic nitrogens is 3. The quantitative estimate of drug-likeness (QED) is 0.329. The fourth-order valence-corrected chi connectivity index (χ4v) is 3.95. The highest BCUT2D eigenvalue weighted by Gasteiger charge is 2.51. The maximum Gasteiger partial charge on any atom is 0.314 e. The van der Waals surface area contributed by atoms with Gasteiger partial charge >= 0.3 is 5.97 Å². The number of benzene rings is 1. The van der Waals surface area contributed by atoms with Gasteiger partial charge in [-0.15, -0.1) is 0 Å². The molecule has 0 bridgehead atoms. The fraction of sp³-hybridized carbons (Fsp3) is 0.269. The van der Waals surface area contributed by atoms with Crippen molar-refractivity contribution in [3.8, 4) is 17.0 Å². The van der Waals surface area contributed by atoms with Gasteiger partial charge in [-0.2, -0.15) is 4.98 Å². The van der Waals surface area contributed by atoms with Crippen LogP contribution in [0.3, 0.4) is 0 Å². The number of pyridine rings is 1. The van der Waals surface area contributed by atoms with Gasteiger partial charge in [0.15, 0.2) is 5.82 Å². The van der Waals surface area contributed by atoms with E-state index in [-0.39, 0.29) is 6.10 Å². The predicted octanol–water partition coefficient (Wildman–Crippen LogP) is 3.85. The van der Waals surface area contributed by atoms with Crippen LogP contribution in [-0.2, 0) is 10.2 Å². The van der Waals surface area contributed by atoms with Crippen LogP contribution < -0.4 is 15.4 Å². The van der Waals surface area contributed by atoms with E-state index in [2.05, 4.69) is 25.6 Å². The van der Waals surface area contributed by atoms with E-state index in [1.807, 2.05) is 36.4 Å².